The average Bonchev–Trinajstić information content (AvgIpc) is 4.14. The summed E-state index contributed by atoms with van der Waals surface area (Å²) in [7, 11) is 0. The van der Waals surface area contributed by atoms with Crippen LogP contribution in [0.25, 0.3) is 66.4 Å². The molecule has 0 N–H and O–H groups in total. The van der Waals surface area contributed by atoms with Crippen LogP contribution in [0.5, 0.6) is 0 Å². The van der Waals surface area contributed by atoms with E-state index in [2.05, 4.69) is 244 Å². The Bertz CT molecular complexity index is 3880. The number of benzene rings is 10. The number of furan rings is 1. The summed E-state index contributed by atoms with van der Waals surface area (Å²) in [5, 5.41) is 2.22. The number of nitrogens with zero attached hydrogens (tertiary/aromatic N) is 1. The summed E-state index contributed by atoms with van der Waals surface area (Å²) in [6.45, 7) is 7.13. The maximum atomic E-state index is 7.52. The van der Waals surface area contributed by atoms with Crippen LogP contribution >= 0.6 is 0 Å². The Morgan fingerprint density at radius 1 is 0.309 bits per heavy atom. The van der Waals surface area contributed by atoms with Crippen LogP contribution in [0.4, 0.5) is 17.1 Å². The van der Waals surface area contributed by atoms with E-state index in [9.17, 15) is 0 Å². The lowest BCUT2D eigenvalue weighted by Gasteiger charge is -2.32. The maximum Gasteiger partial charge on any atom is 0.159 e. The molecule has 0 radical (unpaired) electrons. The number of hydrogen-bond acceptors (Lipinski definition) is 2. The molecule has 15 rings (SSSR count). The Balaban J connectivity index is 1.00. The standard InChI is InChI=1S/C66H45NO/c1-64(2)52-26-10-4-18-42(52)48-36-34-40(38-59(48)64)67(41-35-37-49-47-23-9-15-31-57(47)66(60(49)39-41)55-29-13-7-21-45(55)46-22-8-14-30-56(46)66)61-33-17-25-51-50-24-16-32-58(62(50)68-63(51)61)65(3)53-27-11-5-19-43(53)44-20-6-12-28-54(44)65/h4-39H,1-3H3. The summed E-state index contributed by atoms with van der Waals surface area (Å²) in [5.41, 5.74) is 26.1. The van der Waals surface area contributed by atoms with Crippen molar-refractivity contribution in [3.8, 4) is 44.5 Å². The maximum absolute atomic E-state index is 7.52. The Morgan fingerprint density at radius 2 is 0.691 bits per heavy atom. The van der Waals surface area contributed by atoms with E-state index in [1.165, 1.54) is 94.6 Å². The van der Waals surface area contributed by atoms with Crippen LogP contribution in [0.3, 0.4) is 0 Å². The molecule has 0 saturated heterocycles. The van der Waals surface area contributed by atoms with Crippen LogP contribution < -0.4 is 4.90 Å². The van der Waals surface area contributed by atoms with Crippen molar-refractivity contribution in [2.75, 3.05) is 4.90 Å². The van der Waals surface area contributed by atoms with Gasteiger partial charge in [0.05, 0.1) is 11.1 Å². The van der Waals surface area contributed by atoms with E-state index in [1.807, 2.05) is 0 Å². The number of anilines is 3. The zero-order valence-corrected chi connectivity index (χ0v) is 38.1. The highest BCUT2D eigenvalue weighted by Gasteiger charge is 2.52. The molecule has 0 amide bonds. The van der Waals surface area contributed by atoms with E-state index in [0.29, 0.717) is 0 Å². The third-order valence-corrected chi connectivity index (χ3v) is 16.6. The first-order chi connectivity index (χ1) is 33.4. The largest absolute Gasteiger partial charge is 0.454 e. The van der Waals surface area contributed by atoms with Crippen molar-refractivity contribution in [1.29, 1.82) is 0 Å². The highest BCUT2D eigenvalue weighted by molar-refractivity contribution is 6.12. The molecule has 2 nitrogen and oxygen atoms in total. The monoisotopic (exact) mass is 867 g/mol. The molecule has 10 aromatic carbocycles. The second-order valence-corrected chi connectivity index (χ2v) is 20.0. The SMILES string of the molecule is CC1(C)c2ccccc2-c2ccc(N(c3ccc4c(c3)C3(c5ccccc5-c5ccccc53)c3ccccc3-4)c3cccc4c3oc3c(C5(C)c6ccccc6-c6ccccc65)cccc34)cc21. The second-order valence-electron chi connectivity index (χ2n) is 20.0. The lowest BCUT2D eigenvalue weighted by Crippen LogP contribution is -2.26. The van der Waals surface area contributed by atoms with Gasteiger partial charge in [-0.3, -0.25) is 0 Å². The molecular weight excluding hydrogens is 823 g/mol. The molecule has 1 spiro atoms. The first-order valence-corrected chi connectivity index (χ1v) is 24.0. The summed E-state index contributed by atoms with van der Waals surface area (Å²) in [5.74, 6) is 0. The van der Waals surface area contributed by atoms with Gasteiger partial charge in [-0.05, 0) is 126 Å². The third kappa shape index (κ3) is 4.58. The van der Waals surface area contributed by atoms with Gasteiger partial charge in [0.25, 0.3) is 0 Å². The summed E-state index contributed by atoms with van der Waals surface area (Å²) in [4.78, 5) is 2.48. The van der Waals surface area contributed by atoms with Crippen LogP contribution in [-0.4, -0.2) is 0 Å². The fourth-order valence-corrected chi connectivity index (χ4v) is 13.6. The van der Waals surface area contributed by atoms with E-state index < -0.39 is 10.8 Å². The smallest absolute Gasteiger partial charge is 0.159 e. The number of fused-ring (bicyclic) bond motifs is 19. The van der Waals surface area contributed by atoms with E-state index in [0.717, 1.165) is 39.0 Å². The van der Waals surface area contributed by atoms with Gasteiger partial charge in [-0.25, -0.2) is 0 Å². The van der Waals surface area contributed by atoms with Crippen molar-refractivity contribution in [3.05, 3.63) is 268 Å². The zero-order chi connectivity index (χ0) is 45.1. The summed E-state index contributed by atoms with van der Waals surface area (Å²) in [6, 6.07) is 81.8. The molecule has 2 heteroatoms. The van der Waals surface area contributed by atoms with Crippen molar-refractivity contribution < 1.29 is 4.42 Å². The van der Waals surface area contributed by atoms with Gasteiger partial charge in [-0.1, -0.05) is 202 Å². The minimum atomic E-state index is -0.480. The number of hydrogen-bond donors (Lipinski definition) is 0. The molecule has 0 fully saturated rings. The molecule has 0 saturated carbocycles. The van der Waals surface area contributed by atoms with Crippen LogP contribution in [0.1, 0.15) is 70.8 Å². The summed E-state index contributed by atoms with van der Waals surface area (Å²) in [6.07, 6.45) is 0. The average molecular weight is 868 g/mol. The molecule has 1 heterocycles. The molecule has 320 valence electrons. The van der Waals surface area contributed by atoms with Gasteiger partial charge in [0.2, 0.25) is 0 Å². The highest BCUT2D eigenvalue weighted by Crippen LogP contribution is 2.64. The van der Waals surface area contributed by atoms with Crippen molar-refractivity contribution >= 4 is 39.0 Å². The molecule has 4 aliphatic carbocycles. The van der Waals surface area contributed by atoms with E-state index in [-0.39, 0.29) is 5.41 Å². The van der Waals surface area contributed by atoms with Crippen LogP contribution in [0.2, 0.25) is 0 Å². The Morgan fingerprint density at radius 3 is 1.24 bits per heavy atom. The second kappa shape index (κ2) is 13.2. The molecule has 11 aromatic rings. The topological polar surface area (TPSA) is 16.4 Å². The van der Waals surface area contributed by atoms with Gasteiger partial charge in [0.1, 0.15) is 5.58 Å². The zero-order valence-electron chi connectivity index (χ0n) is 38.1. The van der Waals surface area contributed by atoms with Gasteiger partial charge in [0, 0.05) is 38.5 Å². The Kier molecular flexibility index (Phi) is 7.39. The van der Waals surface area contributed by atoms with Gasteiger partial charge >= 0.3 is 0 Å². The molecule has 0 unspecified atom stereocenters. The van der Waals surface area contributed by atoms with E-state index >= 15 is 0 Å². The van der Waals surface area contributed by atoms with E-state index in [1.54, 1.807) is 0 Å². The Labute approximate surface area is 396 Å². The van der Waals surface area contributed by atoms with Crippen LogP contribution in [0.15, 0.2) is 223 Å². The fourth-order valence-electron chi connectivity index (χ4n) is 13.6. The number of rotatable bonds is 4. The molecule has 0 bridgehead atoms. The number of para-hydroxylation sites is 2. The third-order valence-electron chi connectivity index (χ3n) is 16.6. The lowest BCUT2D eigenvalue weighted by atomic mass is 9.70. The van der Waals surface area contributed by atoms with Gasteiger partial charge in [-0.2, -0.15) is 0 Å². The van der Waals surface area contributed by atoms with Gasteiger partial charge < -0.3 is 9.32 Å². The minimum absolute atomic E-state index is 0.182. The van der Waals surface area contributed by atoms with Crippen LogP contribution in [0, 0.1) is 0 Å². The predicted octanol–water partition coefficient (Wildman–Crippen LogP) is 17.0. The highest BCUT2D eigenvalue weighted by atomic mass is 16.3. The molecule has 1 aromatic heterocycles. The fraction of sp³-hybridized carbons (Fsp3) is 0.0909. The van der Waals surface area contributed by atoms with Crippen LogP contribution in [-0.2, 0) is 16.2 Å². The predicted molar refractivity (Wildman–Crippen MR) is 280 cm³/mol. The van der Waals surface area contributed by atoms with Crippen molar-refractivity contribution in [2.45, 2.75) is 37.0 Å². The lowest BCUT2D eigenvalue weighted by molar-refractivity contribution is 0.638. The molecular formula is C66H45NO. The van der Waals surface area contributed by atoms with E-state index in [4.69, 9.17) is 4.42 Å². The summed E-state index contributed by atoms with van der Waals surface area (Å²) < 4.78 is 7.52. The first-order valence-electron chi connectivity index (χ1n) is 24.0. The Hall–Kier alpha value is -8.20. The van der Waals surface area contributed by atoms with Crippen molar-refractivity contribution in [3.63, 3.8) is 0 Å². The summed E-state index contributed by atoms with van der Waals surface area (Å²) >= 11 is 0. The normalized spacial score (nSPS) is 15.3. The molecule has 0 atom stereocenters. The van der Waals surface area contributed by atoms with Gasteiger partial charge in [-0.15, -0.1) is 0 Å². The molecule has 68 heavy (non-hydrogen) atoms. The molecule has 4 aliphatic rings. The van der Waals surface area contributed by atoms with Gasteiger partial charge in [0.15, 0.2) is 5.58 Å². The first kappa shape index (κ1) is 38.0. The minimum Gasteiger partial charge on any atom is -0.454 e. The van der Waals surface area contributed by atoms with Crippen molar-refractivity contribution in [2.24, 2.45) is 0 Å². The molecule has 0 aliphatic heterocycles. The van der Waals surface area contributed by atoms with Crippen molar-refractivity contribution in [1.82, 2.24) is 0 Å². The quantitative estimate of drug-likeness (QED) is 0.175.